The molecule has 0 amide bonds. The van der Waals surface area contributed by atoms with E-state index in [1.807, 2.05) is 13.8 Å². The summed E-state index contributed by atoms with van der Waals surface area (Å²) in [4.78, 5) is 0. The van der Waals surface area contributed by atoms with Gasteiger partial charge in [0.1, 0.15) is 0 Å². The van der Waals surface area contributed by atoms with E-state index in [1.165, 1.54) is 68.9 Å². The van der Waals surface area contributed by atoms with Crippen LogP contribution >= 0.6 is 0 Å². The fraction of sp³-hybridized carbons (Fsp3) is 0.760. The third-order valence-electron chi connectivity index (χ3n) is 4.40. The van der Waals surface area contributed by atoms with Crippen molar-refractivity contribution in [1.82, 2.24) is 0 Å². The Morgan fingerprint density at radius 2 is 1.36 bits per heavy atom. The topological polar surface area (TPSA) is 0 Å². The van der Waals surface area contributed by atoms with E-state index in [-0.39, 0.29) is 0 Å². The molecule has 0 heterocycles. The van der Waals surface area contributed by atoms with Crippen molar-refractivity contribution in [3.05, 3.63) is 36.0 Å². The highest BCUT2D eigenvalue weighted by molar-refractivity contribution is 5.21. The molecule has 25 heavy (non-hydrogen) atoms. The van der Waals surface area contributed by atoms with Gasteiger partial charge >= 0.3 is 0 Å². The second kappa shape index (κ2) is 25.5. The van der Waals surface area contributed by atoms with Crippen LogP contribution in [0.25, 0.3) is 0 Å². The van der Waals surface area contributed by atoms with Crippen LogP contribution in [-0.2, 0) is 0 Å². The Morgan fingerprint density at radius 3 is 1.76 bits per heavy atom. The van der Waals surface area contributed by atoms with Crippen LogP contribution in [0.3, 0.4) is 0 Å². The minimum atomic E-state index is 0.763. The van der Waals surface area contributed by atoms with Crippen LogP contribution in [0.5, 0.6) is 0 Å². The van der Waals surface area contributed by atoms with Gasteiger partial charge in [-0.2, -0.15) is 0 Å². The molecule has 0 nitrogen and oxygen atoms in total. The smallest absolute Gasteiger partial charge is 0.0205 e. The molecule has 0 aromatic rings. The normalized spacial score (nSPS) is 12.1. The lowest BCUT2D eigenvalue weighted by atomic mass is 9.92. The minimum Gasteiger partial charge on any atom is -0.0958 e. The van der Waals surface area contributed by atoms with E-state index in [0.29, 0.717) is 0 Å². The summed E-state index contributed by atoms with van der Waals surface area (Å²) >= 11 is 0. The van der Waals surface area contributed by atoms with Gasteiger partial charge in [0.05, 0.1) is 0 Å². The largest absolute Gasteiger partial charge is 0.0958 e. The molecule has 0 spiro atoms. The standard InChI is InChI=1S/C16H28.C7H16.C2H6/c1-6-9-13-16(8-3)15(5)12-10-11-14(4)7-2;1-3-5-7-6-4-2;1-2/h10-12,16H,4,6-9,13H2,1-3,5H3;3-7H2,1-2H3;1-2H3/b11-10-,15-12+;;. The van der Waals surface area contributed by atoms with Gasteiger partial charge in [-0.3, -0.25) is 0 Å². The number of hydrogen-bond acceptors (Lipinski definition) is 0. The summed E-state index contributed by atoms with van der Waals surface area (Å²) in [5.74, 6) is 0.763. The molecule has 0 aromatic carbocycles. The lowest BCUT2D eigenvalue weighted by Gasteiger charge is -2.14. The highest BCUT2D eigenvalue weighted by Crippen LogP contribution is 2.21. The highest BCUT2D eigenvalue weighted by Gasteiger charge is 2.06. The molecule has 0 aliphatic carbocycles. The van der Waals surface area contributed by atoms with Crippen LogP contribution in [-0.4, -0.2) is 0 Å². The van der Waals surface area contributed by atoms with Gasteiger partial charge in [-0.1, -0.05) is 129 Å². The Labute approximate surface area is 161 Å². The van der Waals surface area contributed by atoms with Crippen molar-refractivity contribution in [2.24, 2.45) is 5.92 Å². The number of rotatable bonds is 12. The molecule has 1 unspecified atom stereocenters. The molecular formula is C25H50. The molecule has 0 heteroatoms. The summed E-state index contributed by atoms with van der Waals surface area (Å²) in [7, 11) is 0. The summed E-state index contributed by atoms with van der Waals surface area (Å²) in [6.45, 7) is 21.4. The summed E-state index contributed by atoms with van der Waals surface area (Å²) < 4.78 is 0. The summed E-state index contributed by atoms with van der Waals surface area (Å²) in [5, 5.41) is 0. The molecule has 150 valence electrons. The van der Waals surface area contributed by atoms with Crippen LogP contribution in [0, 0.1) is 5.92 Å². The van der Waals surface area contributed by atoms with Gasteiger partial charge in [0.25, 0.3) is 0 Å². The second-order valence-corrected chi connectivity index (χ2v) is 6.59. The van der Waals surface area contributed by atoms with Crippen molar-refractivity contribution in [3.8, 4) is 0 Å². The molecule has 0 aliphatic heterocycles. The highest BCUT2D eigenvalue weighted by atomic mass is 14.1. The SMILES string of the molecule is C=C(/C=C\C=C(/C)C(CC)CCCC)CC.CC.CCCCCCC. The molecule has 0 rings (SSSR count). The van der Waals surface area contributed by atoms with Crippen molar-refractivity contribution >= 4 is 0 Å². The van der Waals surface area contributed by atoms with Crippen molar-refractivity contribution in [2.45, 2.75) is 120 Å². The Morgan fingerprint density at radius 1 is 0.840 bits per heavy atom. The predicted molar refractivity (Wildman–Crippen MR) is 121 cm³/mol. The van der Waals surface area contributed by atoms with Crippen molar-refractivity contribution in [1.29, 1.82) is 0 Å². The average molecular weight is 351 g/mol. The molecular weight excluding hydrogens is 300 g/mol. The zero-order chi connectivity index (χ0) is 19.9. The average Bonchev–Trinajstić information content (AvgIpc) is 2.64. The molecule has 0 aromatic heterocycles. The Bertz CT molecular complexity index is 302. The molecule has 0 N–H and O–H groups in total. The minimum absolute atomic E-state index is 0.763. The lowest BCUT2D eigenvalue weighted by Crippen LogP contribution is -2.00. The van der Waals surface area contributed by atoms with Crippen molar-refractivity contribution < 1.29 is 0 Å². The first-order valence-electron chi connectivity index (χ1n) is 11.1. The van der Waals surface area contributed by atoms with Crippen molar-refractivity contribution in [3.63, 3.8) is 0 Å². The maximum atomic E-state index is 3.97. The van der Waals surface area contributed by atoms with Crippen molar-refractivity contribution in [2.75, 3.05) is 0 Å². The molecule has 0 bridgehead atoms. The Balaban J connectivity index is -0.000000450. The molecule has 0 radical (unpaired) electrons. The number of allylic oxidation sites excluding steroid dienone is 5. The molecule has 1 atom stereocenters. The van der Waals surface area contributed by atoms with Crippen LogP contribution in [0.4, 0.5) is 0 Å². The van der Waals surface area contributed by atoms with Gasteiger partial charge in [-0.25, -0.2) is 0 Å². The summed E-state index contributed by atoms with van der Waals surface area (Å²) in [6, 6.07) is 0. The van der Waals surface area contributed by atoms with E-state index in [2.05, 4.69) is 66.3 Å². The van der Waals surface area contributed by atoms with E-state index >= 15 is 0 Å². The molecule has 0 fully saturated rings. The number of hydrogen-bond donors (Lipinski definition) is 0. The molecule has 0 saturated heterocycles. The van der Waals surface area contributed by atoms with Crippen LogP contribution in [0.2, 0.25) is 0 Å². The lowest BCUT2D eigenvalue weighted by molar-refractivity contribution is 0.515. The number of unbranched alkanes of at least 4 members (excludes halogenated alkanes) is 5. The third-order valence-corrected chi connectivity index (χ3v) is 4.40. The van der Waals surface area contributed by atoms with Gasteiger partial charge in [0.15, 0.2) is 0 Å². The quantitative estimate of drug-likeness (QED) is 0.243. The van der Waals surface area contributed by atoms with Gasteiger partial charge in [-0.05, 0) is 32.1 Å². The van der Waals surface area contributed by atoms with E-state index in [4.69, 9.17) is 0 Å². The second-order valence-electron chi connectivity index (χ2n) is 6.59. The van der Waals surface area contributed by atoms with Gasteiger partial charge in [0.2, 0.25) is 0 Å². The molecule has 0 aliphatic rings. The van der Waals surface area contributed by atoms with Crippen LogP contribution < -0.4 is 0 Å². The third kappa shape index (κ3) is 23.2. The van der Waals surface area contributed by atoms with Gasteiger partial charge < -0.3 is 0 Å². The first-order valence-corrected chi connectivity index (χ1v) is 11.1. The Kier molecular flexibility index (Phi) is 29.5. The maximum absolute atomic E-state index is 3.97. The van der Waals surface area contributed by atoms with Crippen LogP contribution in [0.1, 0.15) is 120 Å². The van der Waals surface area contributed by atoms with Gasteiger partial charge in [0, 0.05) is 0 Å². The first-order chi connectivity index (χ1) is 12.1. The monoisotopic (exact) mass is 350 g/mol. The van der Waals surface area contributed by atoms with Crippen LogP contribution in [0.15, 0.2) is 36.0 Å². The summed E-state index contributed by atoms with van der Waals surface area (Å²) in [6.07, 6.45) is 19.8. The predicted octanol–water partition coefficient (Wildman–Crippen LogP) is 9.67. The van der Waals surface area contributed by atoms with E-state index in [1.54, 1.807) is 0 Å². The first kappa shape index (κ1) is 29.0. The fourth-order valence-electron chi connectivity index (χ4n) is 2.47. The summed E-state index contributed by atoms with van der Waals surface area (Å²) in [5.41, 5.74) is 2.71. The zero-order valence-electron chi connectivity index (χ0n) is 19.1. The van der Waals surface area contributed by atoms with E-state index in [9.17, 15) is 0 Å². The molecule has 0 saturated carbocycles. The zero-order valence-corrected chi connectivity index (χ0v) is 19.1. The van der Waals surface area contributed by atoms with Gasteiger partial charge in [-0.15, -0.1) is 0 Å². The maximum Gasteiger partial charge on any atom is -0.0205 e. The van der Waals surface area contributed by atoms with E-state index in [0.717, 1.165) is 12.3 Å². The fourth-order valence-corrected chi connectivity index (χ4v) is 2.47. The van der Waals surface area contributed by atoms with E-state index < -0.39 is 0 Å². The Hall–Kier alpha value is -0.780.